The Morgan fingerprint density at radius 2 is 1.31 bits per heavy atom. The van der Waals surface area contributed by atoms with Gasteiger partial charge in [-0.2, -0.15) is 0 Å². The molecule has 0 aromatic heterocycles. The second kappa shape index (κ2) is 13.0. The Morgan fingerprint density at radius 3 is 1.81 bits per heavy atom. The second-order valence-corrected chi connectivity index (χ2v) is 4.75. The Bertz CT molecular complexity index is 123. The van der Waals surface area contributed by atoms with Crippen LogP contribution in [-0.2, 0) is 4.74 Å². The fourth-order valence-electron chi connectivity index (χ4n) is 2.15. The van der Waals surface area contributed by atoms with Crippen LogP contribution in [0.15, 0.2) is 0 Å². The predicted molar refractivity (Wildman–Crippen MR) is 72.9 cm³/mol. The summed E-state index contributed by atoms with van der Waals surface area (Å²) in [6.07, 6.45) is 14.2. The normalized spacial score (nSPS) is 12.9. The van der Waals surface area contributed by atoms with E-state index in [9.17, 15) is 0 Å². The zero-order valence-electron chi connectivity index (χ0n) is 11.8. The molecule has 1 atom stereocenters. The van der Waals surface area contributed by atoms with Gasteiger partial charge in [0, 0.05) is 6.61 Å². The molecule has 0 N–H and O–H groups in total. The first kappa shape index (κ1) is 16.0. The minimum absolute atomic E-state index is 0.519. The van der Waals surface area contributed by atoms with E-state index in [1.54, 1.807) is 0 Å². The van der Waals surface area contributed by atoms with Crippen molar-refractivity contribution in [2.45, 2.75) is 91.1 Å². The summed E-state index contributed by atoms with van der Waals surface area (Å²) in [6.45, 7) is 7.47. The standard InChI is InChI=1S/C15H32O/c1-4-7-8-9-10-11-12-13-14-15(5-2)16-6-3/h15H,4-14H2,1-3H3. The van der Waals surface area contributed by atoms with Crippen molar-refractivity contribution in [1.82, 2.24) is 0 Å². The molecule has 0 saturated heterocycles. The quantitative estimate of drug-likeness (QED) is 0.410. The highest BCUT2D eigenvalue weighted by Crippen LogP contribution is 2.13. The van der Waals surface area contributed by atoms with Gasteiger partial charge in [0.15, 0.2) is 0 Å². The minimum atomic E-state index is 0.519. The third-order valence-corrected chi connectivity index (χ3v) is 3.24. The second-order valence-electron chi connectivity index (χ2n) is 4.75. The molecule has 0 aromatic rings. The van der Waals surface area contributed by atoms with Crippen molar-refractivity contribution in [3.63, 3.8) is 0 Å². The van der Waals surface area contributed by atoms with Gasteiger partial charge < -0.3 is 4.74 Å². The lowest BCUT2D eigenvalue weighted by Crippen LogP contribution is -2.11. The summed E-state index contributed by atoms with van der Waals surface area (Å²) in [6, 6.07) is 0. The Hall–Kier alpha value is -0.0400. The molecule has 1 unspecified atom stereocenters. The Balaban J connectivity index is 3.12. The third kappa shape index (κ3) is 10.5. The fraction of sp³-hybridized carbons (Fsp3) is 1.00. The molecule has 1 heteroatoms. The van der Waals surface area contributed by atoms with E-state index >= 15 is 0 Å². The highest BCUT2D eigenvalue weighted by atomic mass is 16.5. The van der Waals surface area contributed by atoms with Gasteiger partial charge in [-0.15, -0.1) is 0 Å². The maximum absolute atomic E-state index is 5.65. The average Bonchev–Trinajstić information content (AvgIpc) is 2.31. The SMILES string of the molecule is CCCCCCCCCCC(CC)OCC. The number of hydrogen-bond donors (Lipinski definition) is 0. The number of unbranched alkanes of at least 4 members (excludes halogenated alkanes) is 7. The lowest BCUT2D eigenvalue weighted by Gasteiger charge is -2.14. The fourth-order valence-corrected chi connectivity index (χ4v) is 2.15. The van der Waals surface area contributed by atoms with E-state index in [1.165, 1.54) is 64.2 Å². The summed E-state index contributed by atoms with van der Waals surface area (Å²) >= 11 is 0. The van der Waals surface area contributed by atoms with E-state index in [1.807, 2.05) is 0 Å². The van der Waals surface area contributed by atoms with Gasteiger partial charge in [0.1, 0.15) is 0 Å². The smallest absolute Gasteiger partial charge is 0.0572 e. The van der Waals surface area contributed by atoms with E-state index in [0.29, 0.717) is 6.10 Å². The summed E-state index contributed by atoms with van der Waals surface area (Å²) in [5, 5.41) is 0. The summed E-state index contributed by atoms with van der Waals surface area (Å²) in [5.74, 6) is 0. The zero-order chi connectivity index (χ0) is 12.1. The molecule has 16 heavy (non-hydrogen) atoms. The van der Waals surface area contributed by atoms with Gasteiger partial charge in [-0.25, -0.2) is 0 Å². The molecule has 0 fully saturated rings. The van der Waals surface area contributed by atoms with Crippen LogP contribution in [0, 0.1) is 0 Å². The van der Waals surface area contributed by atoms with Gasteiger partial charge in [-0.1, -0.05) is 65.2 Å². The van der Waals surface area contributed by atoms with E-state index in [2.05, 4.69) is 20.8 Å². The predicted octanol–water partition coefficient (Wildman–Crippen LogP) is 5.33. The molecule has 0 spiro atoms. The molecule has 0 amide bonds. The Labute approximate surface area is 103 Å². The van der Waals surface area contributed by atoms with Gasteiger partial charge >= 0.3 is 0 Å². The molecule has 0 aliphatic heterocycles. The largest absolute Gasteiger partial charge is 0.379 e. The lowest BCUT2D eigenvalue weighted by atomic mass is 10.0. The van der Waals surface area contributed by atoms with E-state index in [4.69, 9.17) is 4.74 Å². The molecule has 0 saturated carbocycles. The molecule has 0 aromatic carbocycles. The molecule has 0 aliphatic carbocycles. The molecule has 0 radical (unpaired) electrons. The first-order valence-electron chi connectivity index (χ1n) is 7.46. The summed E-state index contributed by atoms with van der Waals surface area (Å²) in [5.41, 5.74) is 0. The van der Waals surface area contributed by atoms with Gasteiger partial charge in [0.05, 0.1) is 6.10 Å². The molecule has 1 nitrogen and oxygen atoms in total. The van der Waals surface area contributed by atoms with Crippen LogP contribution in [0.3, 0.4) is 0 Å². The topological polar surface area (TPSA) is 9.23 Å². The van der Waals surface area contributed by atoms with Crippen molar-refractivity contribution >= 4 is 0 Å². The van der Waals surface area contributed by atoms with E-state index < -0.39 is 0 Å². The number of hydrogen-bond acceptors (Lipinski definition) is 1. The van der Waals surface area contributed by atoms with Gasteiger partial charge in [0.25, 0.3) is 0 Å². The monoisotopic (exact) mass is 228 g/mol. The van der Waals surface area contributed by atoms with E-state index in [-0.39, 0.29) is 0 Å². The average molecular weight is 228 g/mol. The van der Waals surface area contributed by atoms with Gasteiger partial charge in [-0.05, 0) is 19.8 Å². The van der Waals surface area contributed by atoms with Crippen LogP contribution in [-0.4, -0.2) is 12.7 Å². The van der Waals surface area contributed by atoms with Crippen LogP contribution in [0.1, 0.15) is 85.0 Å². The summed E-state index contributed by atoms with van der Waals surface area (Å²) in [7, 11) is 0. The third-order valence-electron chi connectivity index (χ3n) is 3.24. The highest BCUT2D eigenvalue weighted by Gasteiger charge is 2.04. The number of rotatable bonds is 12. The molecule has 0 aliphatic rings. The van der Waals surface area contributed by atoms with Crippen molar-refractivity contribution < 1.29 is 4.74 Å². The first-order valence-corrected chi connectivity index (χ1v) is 7.46. The van der Waals surface area contributed by atoms with Crippen molar-refractivity contribution in [2.75, 3.05) is 6.61 Å². The minimum Gasteiger partial charge on any atom is -0.379 e. The van der Waals surface area contributed by atoms with Crippen molar-refractivity contribution in [3.05, 3.63) is 0 Å². The zero-order valence-corrected chi connectivity index (χ0v) is 11.8. The van der Waals surface area contributed by atoms with Gasteiger partial charge in [0.2, 0.25) is 0 Å². The Kier molecular flexibility index (Phi) is 13.0. The van der Waals surface area contributed by atoms with Crippen LogP contribution < -0.4 is 0 Å². The molecule has 0 bridgehead atoms. The highest BCUT2D eigenvalue weighted by molar-refractivity contribution is 4.56. The Morgan fingerprint density at radius 1 is 0.750 bits per heavy atom. The molecular weight excluding hydrogens is 196 g/mol. The van der Waals surface area contributed by atoms with Gasteiger partial charge in [-0.3, -0.25) is 0 Å². The molecule has 0 rings (SSSR count). The van der Waals surface area contributed by atoms with Crippen LogP contribution in [0.5, 0.6) is 0 Å². The number of ether oxygens (including phenoxy) is 1. The van der Waals surface area contributed by atoms with Crippen LogP contribution in [0.25, 0.3) is 0 Å². The summed E-state index contributed by atoms with van der Waals surface area (Å²) in [4.78, 5) is 0. The summed E-state index contributed by atoms with van der Waals surface area (Å²) < 4.78 is 5.65. The maximum Gasteiger partial charge on any atom is 0.0572 e. The molecule has 0 heterocycles. The molecule has 98 valence electrons. The van der Waals surface area contributed by atoms with Crippen LogP contribution in [0.4, 0.5) is 0 Å². The van der Waals surface area contributed by atoms with Crippen molar-refractivity contribution in [2.24, 2.45) is 0 Å². The van der Waals surface area contributed by atoms with Crippen molar-refractivity contribution in [1.29, 1.82) is 0 Å². The van der Waals surface area contributed by atoms with Crippen LogP contribution in [0.2, 0.25) is 0 Å². The van der Waals surface area contributed by atoms with Crippen LogP contribution >= 0.6 is 0 Å². The van der Waals surface area contributed by atoms with Crippen molar-refractivity contribution in [3.8, 4) is 0 Å². The lowest BCUT2D eigenvalue weighted by molar-refractivity contribution is 0.0523. The molecular formula is C15H32O. The maximum atomic E-state index is 5.65. The van der Waals surface area contributed by atoms with E-state index in [0.717, 1.165) is 6.61 Å². The first-order chi connectivity index (χ1) is 7.85.